The van der Waals surface area contributed by atoms with Crippen molar-refractivity contribution in [1.82, 2.24) is 15.0 Å². The number of ether oxygens (including phenoxy) is 1. The third kappa shape index (κ3) is 3.60. The fraction of sp³-hybridized carbons (Fsp3) is 0.350. The number of hydrogen-bond acceptors (Lipinski definition) is 5. The Balaban J connectivity index is 2.05. The van der Waals surface area contributed by atoms with E-state index in [1.165, 1.54) is 0 Å². The Kier molecular flexibility index (Phi) is 5.32. The predicted octanol–water partition coefficient (Wildman–Crippen LogP) is 2.85. The number of aliphatic hydroxyl groups excluding tert-OH is 1. The standard InChI is InChI=1S/C20H23N3O3/c1-4-26-20(25)11-17(14-6-5-13(2)16(9-14)12-24)15-7-8-19-18(10-15)21-22-23(19)3/h5-10,17,24H,4,11-12H2,1-3H3. The maximum Gasteiger partial charge on any atom is 0.306 e. The van der Waals surface area contributed by atoms with E-state index in [1.54, 1.807) is 11.6 Å². The lowest BCUT2D eigenvalue weighted by Crippen LogP contribution is -2.12. The summed E-state index contributed by atoms with van der Waals surface area (Å²) in [6.07, 6.45) is 0.230. The van der Waals surface area contributed by atoms with E-state index in [1.807, 2.05) is 50.4 Å². The largest absolute Gasteiger partial charge is 0.466 e. The van der Waals surface area contributed by atoms with Gasteiger partial charge in [0.25, 0.3) is 0 Å². The summed E-state index contributed by atoms with van der Waals surface area (Å²) in [6.45, 7) is 4.08. The molecule has 0 aliphatic rings. The zero-order chi connectivity index (χ0) is 18.7. The number of carbonyl (C=O) groups is 1. The highest BCUT2D eigenvalue weighted by atomic mass is 16.5. The fourth-order valence-electron chi connectivity index (χ4n) is 3.17. The lowest BCUT2D eigenvalue weighted by Gasteiger charge is -2.19. The van der Waals surface area contributed by atoms with Crippen molar-refractivity contribution in [3.63, 3.8) is 0 Å². The third-order valence-electron chi connectivity index (χ3n) is 4.66. The Morgan fingerprint density at radius 2 is 1.96 bits per heavy atom. The first kappa shape index (κ1) is 18.1. The van der Waals surface area contributed by atoms with Gasteiger partial charge in [0, 0.05) is 13.0 Å². The predicted molar refractivity (Wildman–Crippen MR) is 98.7 cm³/mol. The molecule has 1 atom stereocenters. The van der Waals surface area contributed by atoms with Crippen LogP contribution < -0.4 is 0 Å². The van der Waals surface area contributed by atoms with Crippen LogP contribution in [0.2, 0.25) is 0 Å². The Labute approximate surface area is 152 Å². The van der Waals surface area contributed by atoms with E-state index in [4.69, 9.17) is 4.74 Å². The van der Waals surface area contributed by atoms with Crippen LogP contribution in [-0.2, 0) is 23.2 Å². The Bertz CT molecular complexity index is 933. The monoisotopic (exact) mass is 353 g/mol. The van der Waals surface area contributed by atoms with Crippen LogP contribution in [0.5, 0.6) is 0 Å². The van der Waals surface area contributed by atoms with E-state index in [-0.39, 0.29) is 24.9 Å². The molecule has 6 heteroatoms. The number of hydrogen-bond donors (Lipinski definition) is 1. The van der Waals surface area contributed by atoms with E-state index in [9.17, 15) is 9.90 Å². The minimum Gasteiger partial charge on any atom is -0.466 e. The summed E-state index contributed by atoms with van der Waals surface area (Å²) in [4.78, 5) is 12.2. The summed E-state index contributed by atoms with van der Waals surface area (Å²) in [5.41, 5.74) is 5.54. The Morgan fingerprint density at radius 1 is 1.23 bits per heavy atom. The molecule has 3 rings (SSSR count). The van der Waals surface area contributed by atoms with Crippen LogP contribution in [-0.4, -0.2) is 32.7 Å². The number of fused-ring (bicyclic) bond motifs is 1. The Morgan fingerprint density at radius 3 is 2.69 bits per heavy atom. The second kappa shape index (κ2) is 7.66. The molecule has 0 saturated heterocycles. The van der Waals surface area contributed by atoms with Gasteiger partial charge in [0.15, 0.2) is 0 Å². The number of aromatic nitrogens is 3. The molecule has 0 spiro atoms. The average molecular weight is 353 g/mol. The lowest BCUT2D eigenvalue weighted by molar-refractivity contribution is -0.143. The normalized spacial score (nSPS) is 12.3. The van der Waals surface area contributed by atoms with Crippen LogP contribution in [0.25, 0.3) is 11.0 Å². The minimum atomic E-state index is -0.247. The maximum atomic E-state index is 12.2. The first-order chi connectivity index (χ1) is 12.5. The van der Waals surface area contributed by atoms with Crippen LogP contribution in [0.1, 0.15) is 41.5 Å². The number of aryl methyl sites for hydroxylation is 2. The van der Waals surface area contributed by atoms with Crippen LogP contribution in [0.4, 0.5) is 0 Å². The van der Waals surface area contributed by atoms with Gasteiger partial charge in [0.2, 0.25) is 0 Å². The Hall–Kier alpha value is -2.73. The summed E-state index contributed by atoms with van der Waals surface area (Å²) >= 11 is 0. The molecule has 1 N–H and O–H groups in total. The summed E-state index contributed by atoms with van der Waals surface area (Å²) < 4.78 is 6.88. The van der Waals surface area contributed by atoms with Crippen molar-refractivity contribution >= 4 is 17.0 Å². The molecule has 0 aliphatic heterocycles. The van der Waals surface area contributed by atoms with Gasteiger partial charge in [-0.2, -0.15) is 0 Å². The topological polar surface area (TPSA) is 77.2 Å². The quantitative estimate of drug-likeness (QED) is 0.690. The number of esters is 1. The SMILES string of the molecule is CCOC(=O)CC(c1ccc(C)c(CO)c1)c1ccc2c(c1)nnn2C. The second-order valence-electron chi connectivity index (χ2n) is 6.37. The summed E-state index contributed by atoms with van der Waals surface area (Å²) in [5.74, 6) is -0.422. The zero-order valence-corrected chi connectivity index (χ0v) is 15.3. The molecule has 0 amide bonds. The molecule has 0 fully saturated rings. The van der Waals surface area contributed by atoms with Gasteiger partial charge < -0.3 is 9.84 Å². The van der Waals surface area contributed by atoms with Gasteiger partial charge in [-0.05, 0) is 48.2 Å². The molecule has 3 aromatic rings. The highest BCUT2D eigenvalue weighted by Gasteiger charge is 2.21. The molecule has 0 bridgehead atoms. The van der Waals surface area contributed by atoms with Gasteiger partial charge in [0.05, 0.1) is 25.2 Å². The minimum absolute atomic E-state index is 0.0327. The first-order valence-electron chi connectivity index (χ1n) is 8.68. The molecular weight excluding hydrogens is 330 g/mol. The molecule has 136 valence electrons. The summed E-state index contributed by atoms with van der Waals surface area (Å²) in [5, 5.41) is 17.8. The van der Waals surface area contributed by atoms with E-state index in [2.05, 4.69) is 10.3 Å². The fourth-order valence-corrected chi connectivity index (χ4v) is 3.17. The molecule has 6 nitrogen and oxygen atoms in total. The van der Waals surface area contributed by atoms with Gasteiger partial charge >= 0.3 is 5.97 Å². The van der Waals surface area contributed by atoms with Crippen LogP contribution in [0, 0.1) is 6.92 Å². The number of nitrogens with zero attached hydrogens (tertiary/aromatic N) is 3. The van der Waals surface area contributed by atoms with Crippen molar-refractivity contribution in [3.05, 3.63) is 58.7 Å². The van der Waals surface area contributed by atoms with Crippen molar-refractivity contribution in [2.75, 3.05) is 6.61 Å². The van der Waals surface area contributed by atoms with Crippen LogP contribution in [0.3, 0.4) is 0 Å². The van der Waals surface area contributed by atoms with Gasteiger partial charge in [0.1, 0.15) is 5.52 Å². The van der Waals surface area contributed by atoms with Crippen LogP contribution in [0.15, 0.2) is 36.4 Å². The molecule has 26 heavy (non-hydrogen) atoms. The second-order valence-corrected chi connectivity index (χ2v) is 6.37. The number of aliphatic hydroxyl groups is 1. The van der Waals surface area contributed by atoms with Crippen LogP contribution >= 0.6 is 0 Å². The smallest absolute Gasteiger partial charge is 0.306 e. The molecule has 1 heterocycles. The molecule has 1 unspecified atom stereocenters. The highest BCUT2D eigenvalue weighted by molar-refractivity contribution is 5.76. The maximum absolute atomic E-state index is 12.2. The van der Waals surface area contributed by atoms with Crippen molar-refractivity contribution in [1.29, 1.82) is 0 Å². The highest BCUT2D eigenvalue weighted by Crippen LogP contribution is 2.31. The molecule has 0 saturated carbocycles. The number of benzene rings is 2. The molecule has 0 radical (unpaired) electrons. The van der Waals surface area contributed by atoms with E-state index >= 15 is 0 Å². The molecule has 2 aromatic carbocycles. The van der Waals surface area contributed by atoms with Gasteiger partial charge in [-0.25, -0.2) is 4.68 Å². The number of carbonyl (C=O) groups excluding carboxylic acids is 1. The van der Waals surface area contributed by atoms with E-state index < -0.39 is 0 Å². The van der Waals surface area contributed by atoms with Crippen molar-refractivity contribution in [3.8, 4) is 0 Å². The zero-order valence-electron chi connectivity index (χ0n) is 15.3. The van der Waals surface area contributed by atoms with Gasteiger partial charge in [-0.1, -0.05) is 29.5 Å². The van der Waals surface area contributed by atoms with Crippen molar-refractivity contribution in [2.24, 2.45) is 7.05 Å². The molecular formula is C20H23N3O3. The molecule has 1 aromatic heterocycles. The average Bonchev–Trinajstić information content (AvgIpc) is 3.01. The summed E-state index contributed by atoms with van der Waals surface area (Å²) in [7, 11) is 1.85. The van der Waals surface area contributed by atoms with E-state index in [0.29, 0.717) is 6.61 Å². The van der Waals surface area contributed by atoms with Gasteiger partial charge in [-0.3, -0.25) is 4.79 Å². The van der Waals surface area contributed by atoms with Crippen molar-refractivity contribution in [2.45, 2.75) is 32.8 Å². The first-order valence-corrected chi connectivity index (χ1v) is 8.68. The molecule has 0 aliphatic carbocycles. The summed E-state index contributed by atoms with van der Waals surface area (Å²) in [6, 6.07) is 11.8. The van der Waals surface area contributed by atoms with Gasteiger partial charge in [-0.15, -0.1) is 5.10 Å². The number of rotatable bonds is 6. The third-order valence-corrected chi connectivity index (χ3v) is 4.66. The van der Waals surface area contributed by atoms with E-state index in [0.717, 1.165) is 33.3 Å². The van der Waals surface area contributed by atoms with Crippen molar-refractivity contribution < 1.29 is 14.6 Å². The lowest BCUT2D eigenvalue weighted by atomic mass is 9.86.